The van der Waals surface area contributed by atoms with E-state index in [1.807, 2.05) is 30.3 Å². The van der Waals surface area contributed by atoms with Crippen LogP contribution in [0.5, 0.6) is 0 Å². The van der Waals surface area contributed by atoms with E-state index in [4.69, 9.17) is 0 Å². The number of piperidine rings is 1. The number of guanidine groups is 1. The summed E-state index contributed by atoms with van der Waals surface area (Å²) < 4.78 is 61.5. The molecule has 0 bridgehead atoms. The molecule has 0 unspecified atom stereocenters. The van der Waals surface area contributed by atoms with Gasteiger partial charge in [0.1, 0.15) is 0 Å². The summed E-state index contributed by atoms with van der Waals surface area (Å²) in [5, 5.41) is 7.42. The molecule has 30 heavy (non-hydrogen) atoms. The van der Waals surface area contributed by atoms with E-state index in [0.29, 0.717) is 16.8 Å². The van der Waals surface area contributed by atoms with E-state index in [9.17, 15) is 21.6 Å². The maximum atomic E-state index is 12.7. The number of hydrogen-bond acceptors (Lipinski definition) is 4. The highest BCUT2D eigenvalue weighted by atomic mass is 32.2. The van der Waals surface area contributed by atoms with Crippen LogP contribution in [0.2, 0.25) is 0 Å². The van der Waals surface area contributed by atoms with Crippen LogP contribution in [-0.4, -0.2) is 61.9 Å². The van der Waals surface area contributed by atoms with Gasteiger partial charge in [0.2, 0.25) is 0 Å². The molecule has 1 aromatic heterocycles. The molecule has 1 aliphatic heterocycles. The van der Waals surface area contributed by atoms with Gasteiger partial charge in [0.15, 0.2) is 5.96 Å². The highest BCUT2D eigenvalue weighted by Gasteiger charge is 2.50. The maximum absolute atomic E-state index is 12.7. The molecule has 0 saturated carbocycles. The van der Waals surface area contributed by atoms with Gasteiger partial charge in [0.25, 0.3) is 0 Å². The Morgan fingerprint density at radius 3 is 2.60 bits per heavy atom. The van der Waals surface area contributed by atoms with E-state index in [-0.39, 0.29) is 32.0 Å². The second kappa shape index (κ2) is 9.17. The smallest absolute Gasteiger partial charge is 0.356 e. The molecule has 0 radical (unpaired) electrons. The van der Waals surface area contributed by atoms with Crippen LogP contribution in [0.15, 0.2) is 41.5 Å². The van der Waals surface area contributed by atoms with Crippen molar-refractivity contribution < 1.29 is 21.6 Å². The largest absolute Gasteiger partial charge is 0.511 e. The summed E-state index contributed by atoms with van der Waals surface area (Å²) in [6.07, 6.45) is 3.01. The maximum Gasteiger partial charge on any atom is 0.511 e. The van der Waals surface area contributed by atoms with Gasteiger partial charge in [-0.2, -0.15) is 17.5 Å². The van der Waals surface area contributed by atoms with E-state index in [1.165, 1.54) is 0 Å². The first-order valence-electron chi connectivity index (χ1n) is 9.58. The van der Waals surface area contributed by atoms with Crippen molar-refractivity contribution in [3.8, 4) is 0 Å². The lowest BCUT2D eigenvalue weighted by atomic mass is 10.1. The van der Waals surface area contributed by atoms with Crippen molar-refractivity contribution in [1.82, 2.24) is 19.9 Å². The van der Waals surface area contributed by atoms with Gasteiger partial charge in [-0.25, -0.2) is 8.42 Å². The lowest BCUT2D eigenvalue weighted by molar-refractivity contribution is -0.0494. The molecule has 3 rings (SSSR count). The summed E-state index contributed by atoms with van der Waals surface area (Å²) in [7, 11) is -3.66. The summed E-state index contributed by atoms with van der Waals surface area (Å²) in [5.41, 5.74) is -3.22. The van der Waals surface area contributed by atoms with Crippen molar-refractivity contribution >= 4 is 26.9 Å². The quantitative estimate of drug-likeness (QED) is 0.547. The number of pyridine rings is 1. The van der Waals surface area contributed by atoms with E-state index < -0.39 is 15.5 Å². The molecule has 2 aromatic rings. The van der Waals surface area contributed by atoms with Crippen LogP contribution in [0.1, 0.15) is 18.4 Å². The third-order valence-electron chi connectivity index (χ3n) is 5.05. The summed E-state index contributed by atoms with van der Waals surface area (Å²) in [5.74, 6) is 0.528. The number of para-hydroxylation sites is 1. The number of aromatic nitrogens is 1. The Bertz CT molecular complexity index is 997. The molecule has 1 aliphatic rings. The Hall–Kier alpha value is -2.40. The molecule has 7 nitrogen and oxygen atoms in total. The zero-order valence-corrected chi connectivity index (χ0v) is 17.3. The van der Waals surface area contributed by atoms with Crippen molar-refractivity contribution in [3.05, 3.63) is 42.1 Å². The first-order chi connectivity index (χ1) is 14.2. The number of nitrogens with zero attached hydrogens (tertiary/aromatic N) is 3. The Morgan fingerprint density at radius 1 is 1.23 bits per heavy atom. The van der Waals surface area contributed by atoms with Gasteiger partial charge in [0.05, 0.1) is 5.52 Å². The number of alkyl halides is 3. The van der Waals surface area contributed by atoms with Crippen LogP contribution in [0.4, 0.5) is 13.2 Å². The Balaban J connectivity index is 1.50. The van der Waals surface area contributed by atoms with E-state index in [0.717, 1.165) is 22.9 Å². The van der Waals surface area contributed by atoms with Crippen molar-refractivity contribution in [1.29, 1.82) is 0 Å². The lowest BCUT2D eigenvalue weighted by Crippen LogP contribution is -2.51. The minimum atomic E-state index is -5.27. The number of hydrogen-bond donors (Lipinski definition) is 2. The molecule has 1 aromatic carbocycles. The van der Waals surface area contributed by atoms with Crippen molar-refractivity contribution in [3.63, 3.8) is 0 Å². The van der Waals surface area contributed by atoms with Crippen molar-refractivity contribution in [2.75, 3.05) is 26.7 Å². The monoisotopic (exact) mass is 443 g/mol. The fraction of sp³-hybridized carbons (Fsp3) is 0.474. The van der Waals surface area contributed by atoms with Gasteiger partial charge in [-0.3, -0.25) is 9.98 Å². The standard InChI is InChI=1S/C19H24F3N5O2S/c1-23-18(25-11-7-15-5-2-4-14-6-3-10-24-17(14)15)26-16-8-12-27(13-9-16)30(28,29)19(20,21)22/h2-6,10,16H,7-9,11-13H2,1H3,(H2,23,25,26). The SMILES string of the molecule is CN=C(NCCc1cccc2cccnc12)NC1CCN(S(=O)(=O)C(F)(F)F)CC1. The summed E-state index contributed by atoms with van der Waals surface area (Å²) in [4.78, 5) is 8.58. The normalized spacial score (nSPS) is 17.3. The molecule has 0 atom stereocenters. The van der Waals surface area contributed by atoms with E-state index in [2.05, 4.69) is 20.6 Å². The average Bonchev–Trinajstić information content (AvgIpc) is 2.72. The number of sulfonamides is 1. The molecule has 0 amide bonds. The first-order valence-corrected chi connectivity index (χ1v) is 11.0. The molecule has 2 heterocycles. The molecule has 1 saturated heterocycles. The molecule has 2 N–H and O–H groups in total. The molecular weight excluding hydrogens is 419 g/mol. The molecule has 164 valence electrons. The van der Waals surface area contributed by atoms with Gasteiger partial charge < -0.3 is 10.6 Å². The third-order valence-corrected chi connectivity index (χ3v) is 6.68. The third kappa shape index (κ3) is 5.01. The van der Waals surface area contributed by atoms with Crippen LogP contribution in [0.3, 0.4) is 0 Å². The Morgan fingerprint density at radius 2 is 1.93 bits per heavy atom. The highest BCUT2D eigenvalue weighted by molar-refractivity contribution is 7.90. The summed E-state index contributed by atoms with van der Waals surface area (Å²) in [6, 6.07) is 9.74. The molecule has 0 aliphatic carbocycles. The van der Waals surface area contributed by atoms with Crippen LogP contribution in [-0.2, 0) is 16.4 Å². The fourth-order valence-corrected chi connectivity index (χ4v) is 4.44. The minimum Gasteiger partial charge on any atom is -0.356 e. The number of benzene rings is 1. The average molecular weight is 443 g/mol. The van der Waals surface area contributed by atoms with Crippen LogP contribution in [0, 0.1) is 0 Å². The predicted octanol–water partition coefficient (Wildman–Crippen LogP) is 2.26. The van der Waals surface area contributed by atoms with Crippen LogP contribution < -0.4 is 10.6 Å². The predicted molar refractivity (Wildman–Crippen MR) is 110 cm³/mol. The first kappa shape index (κ1) is 22.3. The Kier molecular flexibility index (Phi) is 6.81. The Labute approximate surface area is 173 Å². The summed E-state index contributed by atoms with van der Waals surface area (Å²) in [6.45, 7) is 0.229. The van der Waals surface area contributed by atoms with Crippen molar-refractivity contribution in [2.45, 2.75) is 30.8 Å². The fourth-order valence-electron chi connectivity index (χ4n) is 3.46. The number of rotatable bonds is 5. The lowest BCUT2D eigenvalue weighted by Gasteiger charge is -2.32. The minimum absolute atomic E-state index is 0.157. The van der Waals surface area contributed by atoms with Gasteiger partial charge in [-0.05, 0) is 30.9 Å². The van der Waals surface area contributed by atoms with Crippen LogP contribution in [0.25, 0.3) is 10.9 Å². The van der Waals surface area contributed by atoms with Crippen molar-refractivity contribution in [2.24, 2.45) is 4.99 Å². The van der Waals surface area contributed by atoms with Gasteiger partial charge in [-0.1, -0.05) is 24.3 Å². The van der Waals surface area contributed by atoms with E-state index in [1.54, 1.807) is 13.2 Å². The molecule has 1 fully saturated rings. The number of halogens is 3. The van der Waals surface area contributed by atoms with Gasteiger partial charge >= 0.3 is 15.5 Å². The molecule has 11 heteroatoms. The number of aliphatic imine (C=N–C) groups is 1. The molecular formula is C19H24F3N5O2S. The zero-order chi connectivity index (χ0) is 21.8. The molecule has 0 spiro atoms. The number of nitrogens with one attached hydrogen (secondary N) is 2. The van der Waals surface area contributed by atoms with E-state index >= 15 is 0 Å². The topological polar surface area (TPSA) is 86.7 Å². The second-order valence-corrected chi connectivity index (χ2v) is 8.94. The van der Waals surface area contributed by atoms with Crippen LogP contribution >= 0.6 is 0 Å². The highest BCUT2D eigenvalue weighted by Crippen LogP contribution is 2.28. The zero-order valence-electron chi connectivity index (χ0n) is 16.5. The summed E-state index contributed by atoms with van der Waals surface area (Å²) >= 11 is 0. The van der Waals surface area contributed by atoms with Gasteiger partial charge in [-0.15, -0.1) is 0 Å². The second-order valence-electron chi connectivity index (χ2n) is 7.01. The van der Waals surface area contributed by atoms with Gasteiger partial charge in [0, 0.05) is 44.3 Å². The number of fused-ring (bicyclic) bond motifs is 1.